The van der Waals surface area contributed by atoms with Gasteiger partial charge in [0.2, 0.25) is 11.8 Å². The highest BCUT2D eigenvalue weighted by molar-refractivity contribution is 7.80. The second-order valence-corrected chi connectivity index (χ2v) is 4.61. The minimum Gasteiger partial charge on any atom is -0.344 e. The number of carbonyl (C=O) groups is 2. The smallest absolute Gasteiger partial charge is 0.344 e. The number of rotatable bonds is 5. The van der Waals surface area contributed by atoms with Gasteiger partial charge in [-0.25, -0.2) is 0 Å². The number of halogens is 3. The summed E-state index contributed by atoms with van der Waals surface area (Å²) in [7, 11) is 0. The average Bonchev–Trinajstić information content (AvgIpc) is 3.03. The van der Waals surface area contributed by atoms with Gasteiger partial charge in [-0.3, -0.25) is 9.59 Å². The molecule has 0 saturated heterocycles. The maximum Gasteiger partial charge on any atom is 0.406 e. The normalized spacial score (nSPS) is 17.2. The number of hydrogen-bond acceptors (Lipinski definition) is 3. The van der Waals surface area contributed by atoms with Gasteiger partial charge in [0, 0.05) is 18.7 Å². The Morgan fingerprint density at radius 3 is 2.33 bits per heavy atom. The van der Waals surface area contributed by atoms with Gasteiger partial charge in [0.05, 0.1) is 0 Å². The number of alkyl halides is 3. The van der Waals surface area contributed by atoms with Crippen LogP contribution >= 0.6 is 12.6 Å². The molecule has 4 nitrogen and oxygen atoms in total. The molecule has 0 aliphatic heterocycles. The van der Waals surface area contributed by atoms with E-state index < -0.39 is 30.6 Å². The molecule has 0 aromatic heterocycles. The van der Waals surface area contributed by atoms with Crippen molar-refractivity contribution in [3.05, 3.63) is 0 Å². The Balaban J connectivity index is 2.71. The standard InChI is InChI=1S/C10H15F3N2O2S/c1-6(16)14-8(4-18)9(17)15(7-2-3-7)5-10(11,12)13/h7-8,18H,2-5H2,1H3,(H,14,16). The number of hydrogen-bond donors (Lipinski definition) is 2. The Morgan fingerprint density at radius 2 is 2.00 bits per heavy atom. The quantitative estimate of drug-likeness (QED) is 0.739. The number of carbonyl (C=O) groups excluding carboxylic acids is 2. The molecule has 0 aromatic carbocycles. The van der Waals surface area contributed by atoms with Crippen LogP contribution in [0.5, 0.6) is 0 Å². The molecule has 2 amide bonds. The van der Waals surface area contributed by atoms with E-state index in [1.165, 1.54) is 6.92 Å². The Morgan fingerprint density at radius 1 is 1.44 bits per heavy atom. The molecule has 1 unspecified atom stereocenters. The fourth-order valence-electron chi connectivity index (χ4n) is 1.60. The summed E-state index contributed by atoms with van der Waals surface area (Å²) in [6.07, 6.45) is -3.29. The predicted molar refractivity (Wildman–Crippen MR) is 62.2 cm³/mol. The topological polar surface area (TPSA) is 49.4 Å². The zero-order valence-corrected chi connectivity index (χ0v) is 10.7. The lowest BCUT2D eigenvalue weighted by Crippen LogP contribution is -2.52. The van der Waals surface area contributed by atoms with Gasteiger partial charge < -0.3 is 10.2 Å². The summed E-state index contributed by atoms with van der Waals surface area (Å²) in [6.45, 7) is -0.0741. The second kappa shape index (κ2) is 5.81. The predicted octanol–water partition coefficient (Wildman–Crippen LogP) is 0.974. The molecule has 1 aliphatic carbocycles. The molecule has 0 radical (unpaired) electrons. The lowest BCUT2D eigenvalue weighted by atomic mass is 10.2. The van der Waals surface area contributed by atoms with Crippen molar-refractivity contribution in [1.29, 1.82) is 0 Å². The highest BCUT2D eigenvalue weighted by atomic mass is 32.1. The van der Waals surface area contributed by atoms with Crippen molar-refractivity contribution in [2.75, 3.05) is 12.3 Å². The van der Waals surface area contributed by atoms with E-state index >= 15 is 0 Å². The van der Waals surface area contributed by atoms with Gasteiger partial charge >= 0.3 is 6.18 Å². The maximum atomic E-state index is 12.4. The third-order valence-corrected chi connectivity index (χ3v) is 2.84. The van der Waals surface area contributed by atoms with Crippen LogP contribution < -0.4 is 5.32 Å². The van der Waals surface area contributed by atoms with Crippen LogP contribution in [0.4, 0.5) is 13.2 Å². The van der Waals surface area contributed by atoms with Gasteiger partial charge in [0.1, 0.15) is 12.6 Å². The van der Waals surface area contributed by atoms with Crippen molar-refractivity contribution in [3.8, 4) is 0 Å². The van der Waals surface area contributed by atoms with Gasteiger partial charge in [-0.1, -0.05) is 0 Å². The number of thiol groups is 1. The van der Waals surface area contributed by atoms with Gasteiger partial charge in [-0.05, 0) is 12.8 Å². The van der Waals surface area contributed by atoms with Crippen LogP contribution in [-0.4, -0.2) is 47.3 Å². The lowest BCUT2D eigenvalue weighted by Gasteiger charge is -2.27. The highest BCUT2D eigenvalue weighted by Gasteiger charge is 2.42. The molecule has 0 heterocycles. The summed E-state index contributed by atoms with van der Waals surface area (Å²) in [5, 5.41) is 2.30. The Hall–Kier alpha value is -0.920. The Kier molecular flexibility index (Phi) is 4.89. The van der Waals surface area contributed by atoms with Crippen LogP contribution in [0.3, 0.4) is 0 Å². The zero-order chi connectivity index (χ0) is 13.9. The first-order valence-electron chi connectivity index (χ1n) is 5.50. The summed E-state index contributed by atoms with van der Waals surface area (Å²) in [5.41, 5.74) is 0. The number of nitrogens with zero attached hydrogens (tertiary/aromatic N) is 1. The van der Waals surface area contributed by atoms with E-state index in [0.717, 1.165) is 4.90 Å². The van der Waals surface area contributed by atoms with E-state index in [4.69, 9.17) is 0 Å². The van der Waals surface area contributed by atoms with Crippen LogP contribution in [0, 0.1) is 0 Å². The molecule has 18 heavy (non-hydrogen) atoms. The van der Waals surface area contributed by atoms with Crippen molar-refractivity contribution in [1.82, 2.24) is 10.2 Å². The summed E-state index contributed by atoms with van der Waals surface area (Å²) in [4.78, 5) is 23.6. The van der Waals surface area contributed by atoms with Crippen LogP contribution in [0.2, 0.25) is 0 Å². The van der Waals surface area contributed by atoms with Crippen LogP contribution in [0.25, 0.3) is 0 Å². The maximum absolute atomic E-state index is 12.4. The molecule has 0 aromatic rings. The molecule has 1 rings (SSSR count). The van der Waals surface area contributed by atoms with Crippen LogP contribution in [0.1, 0.15) is 19.8 Å². The first-order valence-corrected chi connectivity index (χ1v) is 6.13. The fourth-order valence-corrected chi connectivity index (χ4v) is 1.84. The molecule has 1 fully saturated rings. The summed E-state index contributed by atoms with van der Waals surface area (Å²) >= 11 is 3.88. The van der Waals surface area contributed by atoms with Crippen LogP contribution in [0.15, 0.2) is 0 Å². The minimum atomic E-state index is -4.43. The Bertz CT molecular complexity index is 332. The molecule has 1 N–H and O–H groups in total. The third-order valence-electron chi connectivity index (χ3n) is 2.48. The van der Waals surface area contributed by atoms with Crippen molar-refractivity contribution in [2.45, 2.75) is 38.0 Å². The van der Waals surface area contributed by atoms with E-state index in [1.54, 1.807) is 0 Å². The molecular formula is C10H15F3N2O2S. The number of nitrogens with one attached hydrogen (secondary N) is 1. The van der Waals surface area contributed by atoms with Gasteiger partial charge in [0.15, 0.2) is 0 Å². The first-order chi connectivity index (χ1) is 8.24. The van der Waals surface area contributed by atoms with Crippen molar-refractivity contribution in [3.63, 3.8) is 0 Å². The van der Waals surface area contributed by atoms with E-state index in [0.29, 0.717) is 12.8 Å². The molecule has 0 bridgehead atoms. The molecule has 0 spiro atoms. The van der Waals surface area contributed by atoms with Crippen LogP contribution in [-0.2, 0) is 9.59 Å². The second-order valence-electron chi connectivity index (χ2n) is 4.25. The SMILES string of the molecule is CC(=O)NC(CS)C(=O)N(CC(F)(F)F)C1CC1. The molecule has 1 saturated carbocycles. The molecule has 1 atom stereocenters. The number of amides is 2. The highest BCUT2D eigenvalue weighted by Crippen LogP contribution is 2.30. The van der Waals surface area contributed by atoms with E-state index in [-0.39, 0.29) is 11.8 Å². The average molecular weight is 284 g/mol. The van der Waals surface area contributed by atoms with Gasteiger partial charge in [-0.15, -0.1) is 0 Å². The fraction of sp³-hybridized carbons (Fsp3) is 0.800. The van der Waals surface area contributed by atoms with Crippen molar-refractivity contribution in [2.24, 2.45) is 0 Å². The molecule has 104 valence electrons. The van der Waals surface area contributed by atoms with E-state index in [1.807, 2.05) is 0 Å². The molecule has 8 heteroatoms. The van der Waals surface area contributed by atoms with Gasteiger partial charge in [-0.2, -0.15) is 25.8 Å². The Labute approximate surface area is 108 Å². The zero-order valence-electron chi connectivity index (χ0n) is 9.83. The monoisotopic (exact) mass is 284 g/mol. The van der Waals surface area contributed by atoms with Crippen molar-refractivity contribution >= 4 is 24.4 Å². The summed E-state index contributed by atoms with van der Waals surface area (Å²) in [6, 6.07) is -1.37. The first kappa shape index (κ1) is 15.1. The minimum absolute atomic E-state index is 0.0283. The molecule has 1 aliphatic rings. The summed E-state index contributed by atoms with van der Waals surface area (Å²) in [5.74, 6) is -1.22. The van der Waals surface area contributed by atoms with Crippen molar-refractivity contribution < 1.29 is 22.8 Å². The third kappa shape index (κ3) is 4.75. The van der Waals surface area contributed by atoms with E-state index in [9.17, 15) is 22.8 Å². The largest absolute Gasteiger partial charge is 0.406 e. The summed E-state index contributed by atoms with van der Waals surface area (Å²) < 4.78 is 37.2. The van der Waals surface area contributed by atoms with Gasteiger partial charge in [0.25, 0.3) is 0 Å². The van der Waals surface area contributed by atoms with E-state index in [2.05, 4.69) is 17.9 Å². The molecular weight excluding hydrogens is 269 g/mol. The lowest BCUT2D eigenvalue weighted by molar-refractivity contribution is -0.163.